The van der Waals surface area contributed by atoms with Crippen molar-refractivity contribution < 1.29 is 4.74 Å². The first-order chi connectivity index (χ1) is 7.88. The quantitative estimate of drug-likeness (QED) is 0.676. The minimum absolute atomic E-state index is 0.872. The van der Waals surface area contributed by atoms with Crippen LogP contribution in [0.2, 0.25) is 0 Å². The van der Waals surface area contributed by atoms with Gasteiger partial charge in [0.2, 0.25) is 0 Å². The Labute approximate surface area is 96.9 Å². The normalized spacial score (nSPS) is 10.8. The van der Waals surface area contributed by atoms with E-state index in [-0.39, 0.29) is 0 Å². The third-order valence-corrected chi connectivity index (χ3v) is 3.36. The van der Waals surface area contributed by atoms with Gasteiger partial charge in [0.25, 0.3) is 0 Å². The third-order valence-electron chi connectivity index (χ3n) is 2.51. The molecule has 0 N–H and O–H groups in total. The molecule has 0 atom stereocenters. The molecule has 2 heterocycles. The molecule has 1 aromatic carbocycles. The summed E-state index contributed by atoms with van der Waals surface area (Å²) < 4.78 is 7.31. The highest BCUT2D eigenvalue weighted by atomic mass is 32.1. The lowest BCUT2D eigenvalue weighted by molar-refractivity contribution is 0.415. The van der Waals surface area contributed by atoms with Crippen LogP contribution >= 0.6 is 11.3 Å². The highest BCUT2D eigenvalue weighted by molar-refractivity contribution is 7.15. The molecule has 0 amide bonds. The Hall–Kier alpha value is -1.81. The number of imidazole rings is 1. The van der Waals surface area contributed by atoms with Gasteiger partial charge in [0, 0.05) is 23.3 Å². The van der Waals surface area contributed by atoms with Gasteiger partial charge in [-0.3, -0.25) is 4.40 Å². The van der Waals surface area contributed by atoms with Crippen LogP contribution in [-0.2, 0) is 0 Å². The van der Waals surface area contributed by atoms with Gasteiger partial charge in [0.1, 0.15) is 5.75 Å². The summed E-state index contributed by atoms with van der Waals surface area (Å²) in [6, 6.07) is 8.04. The van der Waals surface area contributed by atoms with Gasteiger partial charge in [-0.05, 0) is 12.1 Å². The first kappa shape index (κ1) is 9.42. The minimum atomic E-state index is 0.872. The predicted octanol–water partition coefficient (Wildman–Crippen LogP) is 3.07. The van der Waals surface area contributed by atoms with Gasteiger partial charge in [0.05, 0.1) is 12.8 Å². The molecule has 2 aromatic heterocycles. The number of benzene rings is 1. The summed E-state index contributed by atoms with van der Waals surface area (Å²) in [5, 5.41) is 2.11. The molecule has 3 nitrogen and oxygen atoms in total. The van der Waals surface area contributed by atoms with Crippen molar-refractivity contribution in [2.75, 3.05) is 7.11 Å². The Balaban J connectivity index is 2.19. The number of hydrogen-bond donors (Lipinski definition) is 0. The van der Waals surface area contributed by atoms with E-state index in [9.17, 15) is 0 Å². The summed E-state index contributed by atoms with van der Waals surface area (Å²) >= 11 is 1.64. The summed E-state index contributed by atoms with van der Waals surface area (Å²) in [6.45, 7) is 0. The largest absolute Gasteiger partial charge is 0.497 e. The van der Waals surface area contributed by atoms with Gasteiger partial charge in [-0.2, -0.15) is 0 Å². The summed E-state index contributed by atoms with van der Waals surface area (Å²) in [6.07, 6.45) is 3.79. The highest BCUT2D eigenvalue weighted by Gasteiger charge is 2.06. The second-order valence-corrected chi connectivity index (χ2v) is 4.27. The van der Waals surface area contributed by atoms with Gasteiger partial charge in [-0.15, -0.1) is 11.3 Å². The number of rotatable bonds is 2. The zero-order valence-corrected chi connectivity index (χ0v) is 9.57. The lowest BCUT2D eigenvalue weighted by Gasteiger charge is -2.03. The van der Waals surface area contributed by atoms with Gasteiger partial charge in [-0.1, -0.05) is 12.1 Å². The number of fused-ring (bicyclic) bond motifs is 1. The Morgan fingerprint density at radius 2 is 2.31 bits per heavy atom. The van der Waals surface area contributed by atoms with Crippen molar-refractivity contribution in [1.29, 1.82) is 0 Å². The second-order valence-electron chi connectivity index (χ2n) is 3.43. The molecule has 0 saturated heterocycles. The van der Waals surface area contributed by atoms with Crippen molar-refractivity contribution in [3.05, 3.63) is 42.0 Å². The molecule has 4 heteroatoms. The van der Waals surface area contributed by atoms with E-state index in [4.69, 9.17) is 4.74 Å². The van der Waals surface area contributed by atoms with E-state index in [2.05, 4.69) is 20.8 Å². The van der Waals surface area contributed by atoms with Crippen molar-refractivity contribution in [2.45, 2.75) is 0 Å². The third kappa shape index (κ3) is 1.39. The van der Waals surface area contributed by atoms with Gasteiger partial charge < -0.3 is 4.74 Å². The molecule has 0 bridgehead atoms. The molecule has 16 heavy (non-hydrogen) atoms. The molecule has 0 unspecified atom stereocenters. The maximum Gasteiger partial charge on any atom is 0.194 e. The molecule has 0 aliphatic carbocycles. The lowest BCUT2D eigenvalue weighted by atomic mass is 10.1. The van der Waals surface area contributed by atoms with E-state index in [1.807, 2.05) is 30.6 Å². The number of ether oxygens (including phenoxy) is 1. The molecule has 80 valence electrons. The van der Waals surface area contributed by atoms with Crippen molar-refractivity contribution in [3.63, 3.8) is 0 Å². The molecule has 3 rings (SSSR count). The fourth-order valence-corrected chi connectivity index (χ4v) is 2.58. The zero-order valence-electron chi connectivity index (χ0n) is 8.75. The molecule has 0 radical (unpaired) electrons. The maximum atomic E-state index is 5.22. The molecule has 0 aliphatic rings. The van der Waals surface area contributed by atoms with Crippen LogP contribution in [0.25, 0.3) is 16.2 Å². The molecular weight excluding hydrogens is 220 g/mol. The van der Waals surface area contributed by atoms with Crippen molar-refractivity contribution >= 4 is 16.3 Å². The van der Waals surface area contributed by atoms with E-state index in [0.29, 0.717) is 0 Å². The average Bonchev–Trinajstić information content (AvgIpc) is 2.90. The van der Waals surface area contributed by atoms with Crippen LogP contribution in [0, 0.1) is 0 Å². The summed E-state index contributed by atoms with van der Waals surface area (Å²) in [4.78, 5) is 5.27. The second kappa shape index (κ2) is 3.64. The van der Waals surface area contributed by atoms with Gasteiger partial charge in [-0.25, -0.2) is 4.98 Å². The molecule has 0 aliphatic heterocycles. The van der Waals surface area contributed by atoms with Gasteiger partial charge >= 0.3 is 0 Å². The SMILES string of the molecule is COc1cccc(-c2csc3nccn23)c1. The van der Waals surface area contributed by atoms with Crippen LogP contribution in [0.3, 0.4) is 0 Å². The zero-order chi connectivity index (χ0) is 11.0. The van der Waals surface area contributed by atoms with Crippen LogP contribution in [-0.4, -0.2) is 16.5 Å². The average molecular weight is 230 g/mol. The molecule has 0 fully saturated rings. The van der Waals surface area contributed by atoms with E-state index < -0.39 is 0 Å². The number of methoxy groups -OCH3 is 1. The smallest absolute Gasteiger partial charge is 0.194 e. The monoisotopic (exact) mass is 230 g/mol. The number of nitrogens with zero attached hydrogens (tertiary/aromatic N) is 2. The van der Waals surface area contributed by atoms with Crippen molar-refractivity contribution in [1.82, 2.24) is 9.38 Å². The Bertz CT molecular complexity index is 627. The summed E-state index contributed by atoms with van der Waals surface area (Å²) in [7, 11) is 1.68. The molecule has 0 saturated carbocycles. The Morgan fingerprint density at radius 3 is 3.19 bits per heavy atom. The van der Waals surface area contributed by atoms with E-state index in [1.165, 1.54) is 0 Å². The van der Waals surface area contributed by atoms with Gasteiger partial charge in [0.15, 0.2) is 4.96 Å². The van der Waals surface area contributed by atoms with Crippen LogP contribution in [0.4, 0.5) is 0 Å². The van der Waals surface area contributed by atoms with E-state index >= 15 is 0 Å². The number of hydrogen-bond acceptors (Lipinski definition) is 3. The molecule has 3 aromatic rings. The highest BCUT2D eigenvalue weighted by Crippen LogP contribution is 2.27. The van der Waals surface area contributed by atoms with Crippen molar-refractivity contribution in [3.8, 4) is 17.0 Å². The molecular formula is C12H10N2OS. The summed E-state index contributed by atoms with van der Waals surface area (Å²) in [5.41, 5.74) is 2.29. The van der Waals surface area contributed by atoms with Crippen molar-refractivity contribution in [2.24, 2.45) is 0 Å². The predicted molar refractivity (Wildman–Crippen MR) is 65.1 cm³/mol. The standard InChI is InChI=1S/C12H10N2OS/c1-15-10-4-2-3-9(7-10)11-8-16-12-13-5-6-14(11)12/h2-8H,1H3. The van der Waals surface area contributed by atoms with E-state index in [1.54, 1.807) is 18.4 Å². The lowest BCUT2D eigenvalue weighted by Crippen LogP contribution is -1.86. The molecule has 0 spiro atoms. The Morgan fingerprint density at radius 1 is 1.38 bits per heavy atom. The van der Waals surface area contributed by atoms with Crippen LogP contribution in [0.1, 0.15) is 0 Å². The topological polar surface area (TPSA) is 26.5 Å². The van der Waals surface area contributed by atoms with E-state index in [0.717, 1.165) is 22.0 Å². The minimum Gasteiger partial charge on any atom is -0.497 e. The number of thiazole rings is 1. The van der Waals surface area contributed by atoms with Crippen LogP contribution < -0.4 is 4.74 Å². The maximum absolute atomic E-state index is 5.22. The fourth-order valence-electron chi connectivity index (χ4n) is 1.72. The fraction of sp³-hybridized carbons (Fsp3) is 0.0833. The summed E-state index contributed by atoms with van der Waals surface area (Å²) in [5.74, 6) is 0.872. The first-order valence-electron chi connectivity index (χ1n) is 4.93. The number of aromatic nitrogens is 2. The van der Waals surface area contributed by atoms with Crippen LogP contribution in [0.15, 0.2) is 42.0 Å². The first-order valence-corrected chi connectivity index (χ1v) is 5.81. The Kier molecular flexibility index (Phi) is 2.15. The van der Waals surface area contributed by atoms with Crippen LogP contribution in [0.5, 0.6) is 5.75 Å².